The third-order valence-electron chi connectivity index (χ3n) is 4.13. The fraction of sp³-hybridized carbons (Fsp3) is 0.438. The van der Waals surface area contributed by atoms with Crippen LogP contribution in [0.5, 0.6) is 0 Å². The zero-order valence-electron chi connectivity index (χ0n) is 13.4. The number of aryl methyl sites for hydroxylation is 1. The van der Waals surface area contributed by atoms with Crippen molar-refractivity contribution in [2.24, 2.45) is 13.0 Å². The number of carbonyl (C=O) groups is 1. The minimum atomic E-state index is -2.81. The molecule has 1 N–H and O–H groups in total. The molecule has 0 spiro atoms. The highest BCUT2D eigenvalue weighted by Crippen LogP contribution is 2.61. The first-order valence-electron chi connectivity index (χ1n) is 7.55. The van der Waals surface area contributed by atoms with Crippen molar-refractivity contribution in [3.05, 3.63) is 47.5 Å². The summed E-state index contributed by atoms with van der Waals surface area (Å²) in [6.45, 7) is 0.0652. The van der Waals surface area contributed by atoms with Gasteiger partial charge in [0.05, 0.1) is 11.8 Å². The van der Waals surface area contributed by atoms with Crippen LogP contribution < -0.4 is 5.32 Å². The topological polar surface area (TPSA) is 69.0 Å². The summed E-state index contributed by atoms with van der Waals surface area (Å²) in [5.74, 6) is -4.67. The second-order valence-corrected chi connectivity index (χ2v) is 5.79. The number of aromatic nitrogens is 3. The highest BCUT2D eigenvalue weighted by Gasteiger charge is 2.68. The lowest BCUT2D eigenvalue weighted by atomic mass is 10.1. The Bertz CT molecular complexity index is 733. The molecule has 1 aromatic carbocycles. The van der Waals surface area contributed by atoms with E-state index in [-0.39, 0.29) is 19.0 Å². The van der Waals surface area contributed by atoms with Crippen molar-refractivity contribution in [3.63, 3.8) is 0 Å². The molecule has 24 heavy (non-hydrogen) atoms. The van der Waals surface area contributed by atoms with Gasteiger partial charge >= 0.3 is 0 Å². The van der Waals surface area contributed by atoms with Gasteiger partial charge in [0.2, 0.25) is 5.82 Å². The van der Waals surface area contributed by atoms with Gasteiger partial charge in [-0.1, -0.05) is 30.3 Å². The van der Waals surface area contributed by atoms with Crippen LogP contribution in [0.4, 0.5) is 8.78 Å². The van der Waals surface area contributed by atoms with E-state index in [1.165, 1.54) is 11.8 Å². The molecule has 1 amide bonds. The molecule has 0 radical (unpaired) electrons. The maximum Gasteiger partial charge on any atom is 0.288 e. The van der Waals surface area contributed by atoms with Gasteiger partial charge in [-0.15, -0.1) is 0 Å². The summed E-state index contributed by atoms with van der Waals surface area (Å²) in [6.07, 6.45) is 0. The van der Waals surface area contributed by atoms with Crippen LogP contribution in [0.25, 0.3) is 0 Å². The number of ether oxygens (including phenoxy) is 1. The van der Waals surface area contributed by atoms with Crippen molar-refractivity contribution in [1.82, 2.24) is 20.1 Å². The van der Waals surface area contributed by atoms with Crippen molar-refractivity contribution in [3.8, 4) is 0 Å². The molecule has 8 heteroatoms. The number of carbonyl (C=O) groups excluding carboxylic acids is 1. The Kier molecular flexibility index (Phi) is 4.31. The van der Waals surface area contributed by atoms with Crippen LogP contribution in [0, 0.1) is 5.92 Å². The first kappa shape index (κ1) is 16.5. The number of hydrogen-bond acceptors (Lipinski definition) is 4. The molecule has 0 aliphatic heterocycles. The Morgan fingerprint density at radius 2 is 2.08 bits per heavy atom. The highest BCUT2D eigenvalue weighted by molar-refractivity contribution is 5.90. The lowest BCUT2D eigenvalue weighted by molar-refractivity contribution is 0.0866. The maximum atomic E-state index is 14.0. The summed E-state index contributed by atoms with van der Waals surface area (Å²) < 4.78 is 34.2. The van der Waals surface area contributed by atoms with Gasteiger partial charge in [0, 0.05) is 20.7 Å². The summed E-state index contributed by atoms with van der Waals surface area (Å²) in [5, 5.41) is 6.56. The predicted octanol–water partition coefficient (Wildman–Crippen LogP) is 1.74. The minimum absolute atomic E-state index is 0.0716. The number of nitrogens with zero attached hydrogens (tertiary/aromatic N) is 3. The molecule has 0 unspecified atom stereocenters. The van der Waals surface area contributed by atoms with E-state index in [0.29, 0.717) is 11.4 Å². The molecule has 1 fully saturated rings. The molecule has 1 saturated carbocycles. The van der Waals surface area contributed by atoms with Crippen LogP contribution in [0.15, 0.2) is 30.3 Å². The minimum Gasteiger partial charge on any atom is -0.377 e. The fourth-order valence-corrected chi connectivity index (χ4v) is 2.87. The van der Waals surface area contributed by atoms with Gasteiger partial charge in [-0.25, -0.2) is 18.4 Å². The average Bonchev–Trinajstić information content (AvgIpc) is 2.90. The second-order valence-electron chi connectivity index (χ2n) is 5.79. The van der Waals surface area contributed by atoms with Crippen molar-refractivity contribution < 1.29 is 18.3 Å². The Morgan fingerprint density at radius 3 is 2.75 bits per heavy atom. The van der Waals surface area contributed by atoms with Gasteiger partial charge in [-0.2, -0.15) is 5.10 Å². The van der Waals surface area contributed by atoms with E-state index in [1.54, 1.807) is 37.4 Å². The van der Waals surface area contributed by atoms with Crippen LogP contribution in [-0.2, 0) is 18.4 Å². The highest BCUT2D eigenvalue weighted by atomic mass is 19.3. The number of amides is 1. The Hall–Kier alpha value is -2.35. The molecule has 1 aliphatic carbocycles. The lowest BCUT2D eigenvalue weighted by Crippen LogP contribution is -2.29. The van der Waals surface area contributed by atoms with Crippen LogP contribution in [0.1, 0.15) is 27.9 Å². The number of methoxy groups -OCH3 is 1. The van der Waals surface area contributed by atoms with Crippen LogP contribution in [-0.4, -0.2) is 40.2 Å². The number of benzene rings is 1. The van der Waals surface area contributed by atoms with Gasteiger partial charge in [0.25, 0.3) is 11.8 Å². The standard InChI is InChI=1S/C16H18F2N4O2/c1-22-14(20-12(21-22)9-24-2)15(23)19-8-11-13(16(11,17)18)10-6-4-3-5-7-10/h3-7,11,13H,8-9H2,1-2H3,(H,19,23)/t11-,13-/m1/s1. The smallest absolute Gasteiger partial charge is 0.288 e. The van der Waals surface area contributed by atoms with E-state index in [1.807, 2.05) is 0 Å². The number of nitrogens with one attached hydrogen (secondary N) is 1. The molecule has 1 aliphatic rings. The Labute approximate surface area is 137 Å². The van der Waals surface area contributed by atoms with Crippen molar-refractivity contribution in [1.29, 1.82) is 0 Å². The van der Waals surface area contributed by atoms with E-state index >= 15 is 0 Å². The summed E-state index contributed by atoms with van der Waals surface area (Å²) in [5.41, 5.74) is 0.586. The first-order valence-corrected chi connectivity index (χ1v) is 7.55. The third kappa shape index (κ3) is 3.01. The third-order valence-corrected chi connectivity index (χ3v) is 4.13. The zero-order chi connectivity index (χ0) is 17.3. The molecule has 128 valence electrons. The van der Waals surface area contributed by atoms with Gasteiger partial charge in [-0.3, -0.25) is 4.79 Å². The van der Waals surface area contributed by atoms with Gasteiger partial charge < -0.3 is 10.1 Å². The molecule has 6 nitrogen and oxygen atoms in total. The van der Waals surface area contributed by atoms with E-state index in [2.05, 4.69) is 15.4 Å². The summed E-state index contributed by atoms with van der Waals surface area (Å²) in [6, 6.07) is 8.61. The van der Waals surface area contributed by atoms with Gasteiger partial charge in [-0.05, 0) is 5.56 Å². The van der Waals surface area contributed by atoms with Gasteiger partial charge in [0.1, 0.15) is 6.61 Å². The Balaban J connectivity index is 1.63. The molecule has 2 atom stereocenters. The van der Waals surface area contributed by atoms with Crippen LogP contribution >= 0.6 is 0 Å². The largest absolute Gasteiger partial charge is 0.377 e. The van der Waals surface area contributed by atoms with Crippen molar-refractivity contribution in [2.45, 2.75) is 18.4 Å². The molecular weight excluding hydrogens is 318 g/mol. The fourth-order valence-electron chi connectivity index (χ4n) is 2.87. The number of rotatable bonds is 6. The quantitative estimate of drug-likeness (QED) is 0.872. The summed E-state index contributed by atoms with van der Waals surface area (Å²) in [7, 11) is 3.06. The van der Waals surface area contributed by atoms with Crippen molar-refractivity contribution in [2.75, 3.05) is 13.7 Å². The number of alkyl halides is 2. The molecule has 3 rings (SSSR count). The van der Waals surface area contributed by atoms with Crippen LogP contribution in [0.3, 0.4) is 0 Å². The normalized spacial score (nSPS) is 21.5. The molecule has 0 bridgehead atoms. The lowest BCUT2D eigenvalue weighted by Gasteiger charge is -2.03. The summed E-state index contributed by atoms with van der Waals surface area (Å²) in [4.78, 5) is 16.2. The molecular formula is C16H18F2N4O2. The molecule has 0 saturated heterocycles. The molecule has 2 aromatic rings. The predicted molar refractivity (Wildman–Crippen MR) is 81.7 cm³/mol. The maximum absolute atomic E-state index is 14.0. The summed E-state index contributed by atoms with van der Waals surface area (Å²) >= 11 is 0. The van der Waals surface area contributed by atoms with E-state index in [0.717, 1.165) is 0 Å². The second kappa shape index (κ2) is 6.27. The van der Waals surface area contributed by atoms with E-state index < -0.39 is 23.7 Å². The van der Waals surface area contributed by atoms with Crippen LogP contribution in [0.2, 0.25) is 0 Å². The van der Waals surface area contributed by atoms with Gasteiger partial charge in [0.15, 0.2) is 5.82 Å². The number of halogens is 2. The SMILES string of the molecule is COCc1nc(C(=O)NC[C@@H]2[C@@H](c3ccccc3)C2(F)F)n(C)n1. The molecule has 1 heterocycles. The monoisotopic (exact) mass is 336 g/mol. The Morgan fingerprint density at radius 1 is 1.38 bits per heavy atom. The molecule has 1 aromatic heterocycles. The zero-order valence-corrected chi connectivity index (χ0v) is 13.4. The number of hydrogen-bond donors (Lipinski definition) is 1. The first-order chi connectivity index (χ1) is 11.4. The van der Waals surface area contributed by atoms with E-state index in [9.17, 15) is 13.6 Å². The average molecular weight is 336 g/mol. The van der Waals surface area contributed by atoms with Crippen molar-refractivity contribution >= 4 is 5.91 Å². The van der Waals surface area contributed by atoms with E-state index in [4.69, 9.17) is 4.74 Å².